The van der Waals surface area contributed by atoms with Gasteiger partial charge in [0, 0.05) is 29.2 Å². The summed E-state index contributed by atoms with van der Waals surface area (Å²) in [5.41, 5.74) is 8.02. The Morgan fingerprint density at radius 3 is 2.86 bits per heavy atom. The highest BCUT2D eigenvalue weighted by Gasteiger charge is 2.20. The molecule has 2 N–H and O–H groups in total. The summed E-state index contributed by atoms with van der Waals surface area (Å²) in [5.74, 6) is -0.286. The quantitative estimate of drug-likeness (QED) is 0.652. The molecule has 0 bridgehead atoms. The number of ether oxygens (including phenoxy) is 1. The van der Waals surface area contributed by atoms with E-state index in [0.29, 0.717) is 28.8 Å². The Balaban J connectivity index is 2.45. The minimum atomic E-state index is -0.286. The maximum Gasteiger partial charge on any atom is 0.293 e. The smallest absolute Gasteiger partial charge is 0.293 e. The van der Waals surface area contributed by atoms with Crippen LogP contribution in [0.4, 0.5) is 0 Å². The molecule has 21 heavy (non-hydrogen) atoms. The van der Waals surface area contributed by atoms with E-state index in [1.54, 1.807) is 12.3 Å². The Bertz CT molecular complexity index is 637. The van der Waals surface area contributed by atoms with Crippen molar-refractivity contribution >= 4 is 29.7 Å². The molecule has 0 radical (unpaired) electrons. The number of rotatable bonds is 6. The van der Waals surface area contributed by atoms with Gasteiger partial charge in [-0.25, -0.2) is 9.97 Å². The van der Waals surface area contributed by atoms with E-state index in [-0.39, 0.29) is 12.5 Å². The lowest BCUT2D eigenvalue weighted by Gasteiger charge is -2.18. The highest BCUT2D eigenvalue weighted by molar-refractivity contribution is 6.31. The van der Waals surface area contributed by atoms with Crippen LogP contribution >= 0.6 is 23.2 Å². The Labute approximate surface area is 132 Å². The summed E-state index contributed by atoms with van der Waals surface area (Å²) in [5, 5.41) is 0.903. The van der Waals surface area contributed by atoms with Gasteiger partial charge in [-0.2, -0.15) is 0 Å². The minimum Gasteiger partial charge on any atom is -0.467 e. The summed E-state index contributed by atoms with van der Waals surface area (Å²) in [6, 6.07) is 5.46. The van der Waals surface area contributed by atoms with Crippen LogP contribution in [0.3, 0.4) is 0 Å². The fourth-order valence-electron chi connectivity index (χ4n) is 2.03. The molecule has 0 aliphatic heterocycles. The predicted octanol–water partition coefficient (Wildman–Crippen LogP) is 2.55. The Morgan fingerprint density at radius 1 is 1.38 bits per heavy atom. The number of hydrogen-bond acceptors (Lipinski definition) is 5. The van der Waals surface area contributed by atoms with E-state index in [2.05, 4.69) is 9.97 Å². The largest absolute Gasteiger partial charge is 0.467 e. The van der Waals surface area contributed by atoms with Crippen LogP contribution in [0.1, 0.15) is 22.6 Å². The molecule has 0 aliphatic rings. The standard InChI is InChI=1S/C14H13Cl2N3O2/c15-13-2-1-9(3-10(13)4-17)12(6-21-8-20)11-5-18-7-19-14(11)16/h1-3,5,7-8,12H,4,6,17H2. The van der Waals surface area contributed by atoms with Crippen LogP contribution < -0.4 is 5.73 Å². The molecule has 0 saturated heterocycles. The van der Waals surface area contributed by atoms with Gasteiger partial charge >= 0.3 is 0 Å². The first-order valence-corrected chi connectivity index (χ1v) is 6.92. The second-order valence-corrected chi connectivity index (χ2v) is 5.07. The summed E-state index contributed by atoms with van der Waals surface area (Å²) in [4.78, 5) is 18.4. The first-order chi connectivity index (χ1) is 10.2. The second-order valence-electron chi connectivity index (χ2n) is 4.31. The van der Waals surface area contributed by atoms with Gasteiger partial charge in [0.25, 0.3) is 6.47 Å². The normalized spacial score (nSPS) is 12.0. The Kier molecular flexibility index (Phi) is 5.50. The van der Waals surface area contributed by atoms with E-state index in [4.69, 9.17) is 33.7 Å². The molecule has 5 nitrogen and oxygen atoms in total. The van der Waals surface area contributed by atoms with Gasteiger partial charge in [0.1, 0.15) is 18.1 Å². The van der Waals surface area contributed by atoms with Crippen LogP contribution in [0, 0.1) is 0 Å². The molecule has 1 aromatic carbocycles. The first kappa shape index (κ1) is 15.7. The molecule has 0 spiro atoms. The van der Waals surface area contributed by atoms with Crippen molar-refractivity contribution < 1.29 is 9.53 Å². The predicted molar refractivity (Wildman–Crippen MR) is 80.2 cm³/mol. The average molecular weight is 326 g/mol. The zero-order chi connectivity index (χ0) is 15.2. The maximum atomic E-state index is 10.5. The molecule has 0 fully saturated rings. The van der Waals surface area contributed by atoms with Gasteiger partial charge in [-0.3, -0.25) is 4.79 Å². The molecule has 1 unspecified atom stereocenters. The van der Waals surface area contributed by atoms with E-state index in [9.17, 15) is 4.79 Å². The van der Waals surface area contributed by atoms with Crippen molar-refractivity contribution in [3.63, 3.8) is 0 Å². The lowest BCUT2D eigenvalue weighted by molar-refractivity contribution is -0.128. The zero-order valence-electron chi connectivity index (χ0n) is 11.0. The number of carbonyl (C=O) groups is 1. The summed E-state index contributed by atoms with van der Waals surface area (Å²) in [7, 11) is 0. The molecule has 1 aromatic heterocycles. The summed E-state index contributed by atoms with van der Waals surface area (Å²) in [6.07, 6.45) is 2.96. The van der Waals surface area contributed by atoms with Gasteiger partial charge < -0.3 is 10.5 Å². The van der Waals surface area contributed by atoms with Crippen molar-refractivity contribution in [1.82, 2.24) is 9.97 Å². The first-order valence-electron chi connectivity index (χ1n) is 6.16. The molecule has 110 valence electrons. The van der Waals surface area contributed by atoms with E-state index in [1.807, 2.05) is 12.1 Å². The molecular formula is C14H13Cl2N3O2. The number of hydrogen-bond donors (Lipinski definition) is 1. The molecular weight excluding hydrogens is 313 g/mol. The van der Waals surface area contributed by atoms with Crippen molar-refractivity contribution in [2.45, 2.75) is 12.5 Å². The molecule has 1 atom stereocenters. The molecule has 0 aliphatic carbocycles. The SMILES string of the molecule is NCc1cc(C(COC=O)c2cncnc2Cl)ccc1Cl. The second kappa shape index (κ2) is 7.36. The van der Waals surface area contributed by atoms with Gasteiger partial charge in [0.05, 0.1) is 0 Å². The third-order valence-electron chi connectivity index (χ3n) is 3.09. The fourth-order valence-corrected chi connectivity index (χ4v) is 2.45. The number of benzene rings is 1. The summed E-state index contributed by atoms with van der Waals surface area (Å²) >= 11 is 12.2. The van der Waals surface area contributed by atoms with Crippen LogP contribution in [0.15, 0.2) is 30.7 Å². The highest BCUT2D eigenvalue weighted by atomic mass is 35.5. The number of halogens is 2. The van der Waals surface area contributed by atoms with Crippen molar-refractivity contribution in [2.75, 3.05) is 6.61 Å². The van der Waals surface area contributed by atoms with Crippen LogP contribution in [0.25, 0.3) is 0 Å². The topological polar surface area (TPSA) is 78.1 Å². The maximum absolute atomic E-state index is 10.5. The van der Waals surface area contributed by atoms with Gasteiger partial charge in [-0.15, -0.1) is 0 Å². The number of carbonyl (C=O) groups excluding carboxylic acids is 1. The molecule has 0 amide bonds. The van der Waals surface area contributed by atoms with Crippen molar-refractivity contribution in [3.05, 3.63) is 57.6 Å². The van der Waals surface area contributed by atoms with Crippen LogP contribution in [0.5, 0.6) is 0 Å². The molecule has 0 saturated carbocycles. The molecule has 7 heteroatoms. The lowest BCUT2D eigenvalue weighted by Crippen LogP contribution is -2.12. The lowest BCUT2D eigenvalue weighted by atomic mass is 9.92. The third kappa shape index (κ3) is 3.69. The van der Waals surface area contributed by atoms with E-state index in [0.717, 1.165) is 11.1 Å². The van der Waals surface area contributed by atoms with Gasteiger partial charge in [0.2, 0.25) is 0 Å². The summed E-state index contributed by atoms with van der Waals surface area (Å²) in [6.45, 7) is 0.833. The van der Waals surface area contributed by atoms with E-state index >= 15 is 0 Å². The van der Waals surface area contributed by atoms with E-state index < -0.39 is 0 Å². The van der Waals surface area contributed by atoms with Crippen LogP contribution in [0.2, 0.25) is 10.2 Å². The number of nitrogens with two attached hydrogens (primary N) is 1. The van der Waals surface area contributed by atoms with Gasteiger partial charge in [0.15, 0.2) is 0 Å². The average Bonchev–Trinajstić information content (AvgIpc) is 2.50. The van der Waals surface area contributed by atoms with Gasteiger partial charge in [-0.05, 0) is 17.2 Å². The Morgan fingerprint density at radius 2 is 2.19 bits per heavy atom. The van der Waals surface area contributed by atoms with Crippen molar-refractivity contribution in [2.24, 2.45) is 5.73 Å². The monoisotopic (exact) mass is 325 g/mol. The van der Waals surface area contributed by atoms with Crippen molar-refractivity contribution in [1.29, 1.82) is 0 Å². The summed E-state index contributed by atoms with van der Waals surface area (Å²) < 4.78 is 4.90. The molecule has 2 rings (SSSR count). The van der Waals surface area contributed by atoms with Crippen molar-refractivity contribution in [3.8, 4) is 0 Å². The number of aromatic nitrogens is 2. The van der Waals surface area contributed by atoms with Crippen LogP contribution in [-0.2, 0) is 16.1 Å². The van der Waals surface area contributed by atoms with Gasteiger partial charge in [-0.1, -0.05) is 35.3 Å². The van der Waals surface area contributed by atoms with E-state index in [1.165, 1.54) is 6.33 Å². The highest BCUT2D eigenvalue weighted by Crippen LogP contribution is 2.31. The van der Waals surface area contributed by atoms with Crippen LogP contribution in [-0.4, -0.2) is 23.0 Å². The Hall–Kier alpha value is -1.69. The molecule has 1 heterocycles. The molecule has 2 aromatic rings. The zero-order valence-corrected chi connectivity index (χ0v) is 12.5. The minimum absolute atomic E-state index is 0.127. The third-order valence-corrected chi connectivity index (χ3v) is 3.77. The number of nitrogens with zero attached hydrogens (tertiary/aromatic N) is 2. The fraction of sp³-hybridized carbons (Fsp3) is 0.214.